The molecule has 3 heterocycles. The van der Waals surface area contributed by atoms with E-state index in [0.717, 1.165) is 42.0 Å². The van der Waals surface area contributed by atoms with Gasteiger partial charge in [-0.1, -0.05) is 18.7 Å². The van der Waals surface area contributed by atoms with Crippen LogP contribution in [0.1, 0.15) is 42.5 Å². The Morgan fingerprint density at radius 1 is 1.32 bits per heavy atom. The van der Waals surface area contributed by atoms with Gasteiger partial charge >= 0.3 is 5.69 Å². The summed E-state index contributed by atoms with van der Waals surface area (Å²) in [5, 5.41) is 7.19. The lowest BCUT2D eigenvalue weighted by Gasteiger charge is -2.10. The Hall–Kier alpha value is -1.87. The first kappa shape index (κ1) is 16.6. The molecule has 0 aliphatic heterocycles. The summed E-state index contributed by atoms with van der Waals surface area (Å²) in [4.78, 5) is 31.1. The van der Waals surface area contributed by atoms with Crippen molar-refractivity contribution in [1.29, 1.82) is 0 Å². The third kappa shape index (κ3) is 3.06. The van der Waals surface area contributed by atoms with Crippen LogP contribution in [0.5, 0.6) is 0 Å². The predicted molar refractivity (Wildman–Crippen MR) is 98.7 cm³/mol. The second-order valence-electron chi connectivity index (χ2n) is 6.13. The minimum atomic E-state index is -0.196. The highest BCUT2D eigenvalue weighted by Crippen LogP contribution is 2.28. The Labute approximate surface area is 152 Å². The van der Waals surface area contributed by atoms with Crippen molar-refractivity contribution in [3.63, 3.8) is 0 Å². The molecule has 0 aromatic carbocycles. The lowest BCUT2D eigenvalue weighted by Crippen LogP contribution is -2.18. The Balaban J connectivity index is 1.62. The molecule has 0 amide bonds. The van der Waals surface area contributed by atoms with Gasteiger partial charge in [0, 0.05) is 28.9 Å². The van der Waals surface area contributed by atoms with Crippen LogP contribution in [-0.4, -0.2) is 24.1 Å². The molecular formula is C16H19N5O2S2. The molecule has 3 aromatic heterocycles. The van der Waals surface area contributed by atoms with Crippen LogP contribution in [0, 0.1) is 0 Å². The minimum absolute atomic E-state index is 0.00650. The summed E-state index contributed by atoms with van der Waals surface area (Å²) in [5.74, 6) is 0.516. The van der Waals surface area contributed by atoms with Crippen LogP contribution in [0.25, 0.3) is 4.96 Å². The van der Waals surface area contributed by atoms with Crippen molar-refractivity contribution in [2.45, 2.75) is 56.5 Å². The summed E-state index contributed by atoms with van der Waals surface area (Å²) >= 11 is 3.06. The third-order valence-corrected chi connectivity index (χ3v) is 6.49. The largest absolute Gasteiger partial charge is 0.343 e. The average Bonchev–Trinajstić information content (AvgIpc) is 3.14. The molecular weight excluding hydrogens is 358 g/mol. The fraction of sp³-hybridized carbons (Fsp3) is 0.500. The van der Waals surface area contributed by atoms with E-state index in [2.05, 4.69) is 15.2 Å². The second kappa shape index (κ2) is 6.80. The van der Waals surface area contributed by atoms with E-state index in [1.807, 2.05) is 6.92 Å². The molecule has 0 unspecified atom stereocenters. The second-order valence-corrected chi connectivity index (χ2v) is 8.14. The van der Waals surface area contributed by atoms with Crippen molar-refractivity contribution < 1.29 is 0 Å². The number of rotatable bonds is 5. The summed E-state index contributed by atoms with van der Waals surface area (Å²) in [6.45, 7) is 2.65. The van der Waals surface area contributed by atoms with Crippen LogP contribution < -0.4 is 11.2 Å². The summed E-state index contributed by atoms with van der Waals surface area (Å²) in [6.07, 6.45) is 5.19. The number of thioether (sulfide) groups is 1. The van der Waals surface area contributed by atoms with E-state index in [1.165, 1.54) is 23.1 Å². The highest BCUT2D eigenvalue weighted by atomic mass is 32.2. The van der Waals surface area contributed by atoms with E-state index in [9.17, 15) is 9.59 Å². The van der Waals surface area contributed by atoms with Gasteiger partial charge < -0.3 is 0 Å². The normalized spacial score (nSPS) is 14.1. The highest BCUT2D eigenvalue weighted by molar-refractivity contribution is 7.98. The van der Waals surface area contributed by atoms with Gasteiger partial charge in [0.25, 0.3) is 5.56 Å². The maximum absolute atomic E-state index is 12.6. The van der Waals surface area contributed by atoms with Crippen LogP contribution in [0.4, 0.5) is 0 Å². The first-order chi connectivity index (χ1) is 12.2. The van der Waals surface area contributed by atoms with Gasteiger partial charge in [0.05, 0.1) is 5.69 Å². The van der Waals surface area contributed by atoms with Crippen LogP contribution in [0.3, 0.4) is 0 Å². The maximum Gasteiger partial charge on any atom is 0.343 e. The van der Waals surface area contributed by atoms with Crippen molar-refractivity contribution in [3.05, 3.63) is 43.2 Å². The van der Waals surface area contributed by atoms with Crippen molar-refractivity contribution in [1.82, 2.24) is 24.1 Å². The monoisotopic (exact) mass is 377 g/mol. The van der Waals surface area contributed by atoms with E-state index in [1.54, 1.807) is 26.4 Å². The average molecular weight is 377 g/mol. The molecule has 0 atom stereocenters. The molecule has 0 spiro atoms. The first-order valence-corrected chi connectivity index (χ1v) is 10.3. The molecule has 25 heavy (non-hydrogen) atoms. The van der Waals surface area contributed by atoms with Crippen molar-refractivity contribution >= 4 is 28.1 Å². The zero-order valence-corrected chi connectivity index (χ0v) is 15.6. The molecule has 9 heteroatoms. The van der Waals surface area contributed by atoms with Crippen LogP contribution in [0.2, 0.25) is 0 Å². The summed E-state index contributed by atoms with van der Waals surface area (Å²) in [5.41, 5.74) is 1.67. The molecule has 0 saturated carbocycles. The zero-order valence-electron chi connectivity index (χ0n) is 13.9. The summed E-state index contributed by atoms with van der Waals surface area (Å²) in [7, 11) is 0. The molecule has 4 rings (SSSR count). The smallest absolute Gasteiger partial charge is 0.270 e. The number of aromatic nitrogens is 5. The molecule has 1 aliphatic rings. The van der Waals surface area contributed by atoms with E-state index in [-0.39, 0.29) is 11.2 Å². The topological polar surface area (TPSA) is 85.0 Å². The van der Waals surface area contributed by atoms with E-state index in [4.69, 9.17) is 0 Å². The Morgan fingerprint density at radius 3 is 3.00 bits per heavy atom. The van der Waals surface area contributed by atoms with Gasteiger partial charge in [-0.3, -0.25) is 13.8 Å². The van der Waals surface area contributed by atoms with Crippen molar-refractivity contribution in [3.8, 4) is 0 Å². The van der Waals surface area contributed by atoms with Gasteiger partial charge in [0.1, 0.15) is 0 Å². The van der Waals surface area contributed by atoms with Crippen LogP contribution in [0.15, 0.2) is 20.8 Å². The van der Waals surface area contributed by atoms with Crippen molar-refractivity contribution in [2.75, 3.05) is 0 Å². The van der Waals surface area contributed by atoms with Gasteiger partial charge in [0.15, 0.2) is 10.1 Å². The number of H-pyrrole nitrogens is 1. The van der Waals surface area contributed by atoms with Gasteiger partial charge in [0.2, 0.25) is 0 Å². The van der Waals surface area contributed by atoms with Crippen molar-refractivity contribution in [2.24, 2.45) is 0 Å². The Kier molecular flexibility index (Phi) is 4.51. The quantitative estimate of drug-likeness (QED) is 0.689. The third-order valence-electron chi connectivity index (χ3n) is 4.33. The SMILES string of the molecule is CCCn1c(SCc2cc(=O)n3c4c(sc3n2)CCCC4)n[nH]c1=O. The summed E-state index contributed by atoms with van der Waals surface area (Å²) in [6, 6.07) is 1.61. The number of fused-ring (bicyclic) bond motifs is 3. The molecule has 3 aromatic rings. The maximum atomic E-state index is 12.6. The van der Waals surface area contributed by atoms with Crippen LogP contribution in [-0.2, 0) is 25.1 Å². The van der Waals surface area contributed by atoms with E-state index in [0.29, 0.717) is 17.5 Å². The Bertz CT molecular complexity index is 1030. The summed E-state index contributed by atoms with van der Waals surface area (Å²) < 4.78 is 3.40. The first-order valence-electron chi connectivity index (χ1n) is 8.48. The molecule has 0 fully saturated rings. The number of nitrogens with one attached hydrogen (secondary N) is 1. The lowest BCUT2D eigenvalue weighted by atomic mass is 10.0. The molecule has 0 saturated heterocycles. The van der Waals surface area contributed by atoms with Gasteiger partial charge in [-0.05, 0) is 32.1 Å². The minimum Gasteiger partial charge on any atom is -0.270 e. The number of hydrogen-bond acceptors (Lipinski definition) is 6. The number of hydrogen-bond donors (Lipinski definition) is 1. The van der Waals surface area contributed by atoms with Gasteiger partial charge in [-0.15, -0.1) is 16.4 Å². The fourth-order valence-corrected chi connectivity index (χ4v) is 5.29. The molecule has 1 aliphatic carbocycles. The number of aryl methyl sites for hydroxylation is 2. The van der Waals surface area contributed by atoms with Crippen LogP contribution >= 0.6 is 23.1 Å². The number of aromatic amines is 1. The highest BCUT2D eigenvalue weighted by Gasteiger charge is 2.18. The molecule has 1 N–H and O–H groups in total. The Morgan fingerprint density at radius 2 is 2.16 bits per heavy atom. The number of nitrogens with zero attached hydrogens (tertiary/aromatic N) is 4. The fourth-order valence-electron chi connectivity index (χ4n) is 3.19. The molecule has 7 nitrogen and oxygen atoms in total. The predicted octanol–water partition coefficient (Wildman–Crippen LogP) is 2.22. The van der Waals surface area contributed by atoms with E-state index >= 15 is 0 Å². The number of thiazole rings is 1. The molecule has 0 radical (unpaired) electrons. The molecule has 0 bridgehead atoms. The molecule has 132 valence electrons. The zero-order chi connectivity index (χ0) is 17.4. The van der Waals surface area contributed by atoms with E-state index < -0.39 is 0 Å². The lowest BCUT2D eigenvalue weighted by molar-refractivity contribution is 0.603. The van der Waals surface area contributed by atoms with Gasteiger partial charge in [-0.25, -0.2) is 14.9 Å². The van der Waals surface area contributed by atoms with Gasteiger partial charge in [-0.2, -0.15) is 0 Å². The standard InChI is InChI=1S/C16H19N5O2S2/c1-2-7-20-14(23)18-19-16(20)24-9-10-8-13(22)21-11-5-3-4-6-12(11)25-15(21)17-10/h8H,2-7,9H2,1H3,(H,18,23).